The van der Waals surface area contributed by atoms with Crippen molar-refractivity contribution in [1.29, 1.82) is 0 Å². The zero-order valence-electron chi connectivity index (χ0n) is 10.8. The van der Waals surface area contributed by atoms with E-state index >= 15 is 0 Å². The Morgan fingerprint density at radius 1 is 1.39 bits per heavy atom. The molecule has 0 saturated heterocycles. The Labute approximate surface area is 106 Å². The van der Waals surface area contributed by atoms with E-state index in [1.807, 2.05) is 6.92 Å². The smallest absolute Gasteiger partial charge is 0.305 e. The minimum Gasteiger partial charge on any atom is -0.496 e. The van der Waals surface area contributed by atoms with Gasteiger partial charge in [0.05, 0.1) is 13.5 Å². The fourth-order valence-electron chi connectivity index (χ4n) is 1.54. The molecule has 0 aliphatic carbocycles. The van der Waals surface area contributed by atoms with Crippen molar-refractivity contribution in [2.24, 2.45) is 0 Å². The van der Waals surface area contributed by atoms with Gasteiger partial charge in [-0.2, -0.15) is 0 Å². The molecular formula is C13H17NO4. The number of aliphatic carboxylic acids is 1. The molecule has 0 aliphatic rings. The number of nitrogens with zero attached hydrogens (tertiary/aromatic N) is 1. The van der Waals surface area contributed by atoms with Gasteiger partial charge in [0.2, 0.25) is 0 Å². The van der Waals surface area contributed by atoms with Crippen LogP contribution < -0.4 is 4.74 Å². The molecule has 0 spiro atoms. The maximum atomic E-state index is 12.0. The Kier molecular flexibility index (Phi) is 4.71. The summed E-state index contributed by atoms with van der Waals surface area (Å²) in [6.45, 7) is 2.07. The first-order chi connectivity index (χ1) is 8.45. The largest absolute Gasteiger partial charge is 0.496 e. The highest BCUT2D eigenvalue weighted by Gasteiger charge is 2.14. The number of hydrogen-bond donors (Lipinski definition) is 1. The zero-order chi connectivity index (χ0) is 13.7. The van der Waals surface area contributed by atoms with Gasteiger partial charge in [0.25, 0.3) is 5.91 Å². The van der Waals surface area contributed by atoms with Gasteiger partial charge in [-0.15, -0.1) is 0 Å². The second-order valence-corrected chi connectivity index (χ2v) is 4.05. The van der Waals surface area contributed by atoms with E-state index in [1.54, 1.807) is 32.4 Å². The predicted octanol–water partition coefficient (Wildman–Crippen LogP) is 1.55. The summed E-state index contributed by atoms with van der Waals surface area (Å²) in [6.07, 6.45) is -0.0642. The molecule has 5 heteroatoms. The van der Waals surface area contributed by atoms with Crippen LogP contribution in [0.2, 0.25) is 0 Å². The van der Waals surface area contributed by atoms with Crippen LogP contribution in [0.4, 0.5) is 0 Å². The third-order valence-electron chi connectivity index (χ3n) is 2.66. The number of carboxylic acid groups (broad SMARTS) is 1. The lowest BCUT2D eigenvalue weighted by Crippen LogP contribution is -2.29. The summed E-state index contributed by atoms with van der Waals surface area (Å²) in [5, 5.41) is 8.58. The fourth-order valence-corrected chi connectivity index (χ4v) is 1.54. The van der Waals surface area contributed by atoms with Gasteiger partial charge in [0, 0.05) is 19.2 Å². The van der Waals surface area contributed by atoms with Gasteiger partial charge in [-0.25, -0.2) is 0 Å². The van der Waals surface area contributed by atoms with Crippen LogP contribution >= 0.6 is 0 Å². The van der Waals surface area contributed by atoms with Gasteiger partial charge in [-0.05, 0) is 24.6 Å². The molecule has 98 valence electrons. The van der Waals surface area contributed by atoms with Crippen molar-refractivity contribution in [3.8, 4) is 5.75 Å². The van der Waals surface area contributed by atoms with Crippen molar-refractivity contribution in [1.82, 2.24) is 4.90 Å². The lowest BCUT2D eigenvalue weighted by atomic mass is 10.1. The van der Waals surface area contributed by atoms with Gasteiger partial charge in [0.1, 0.15) is 5.75 Å². The molecule has 0 heterocycles. The summed E-state index contributed by atoms with van der Waals surface area (Å²) in [5.41, 5.74) is 1.44. The van der Waals surface area contributed by atoms with Gasteiger partial charge >= 0.3 is 5.97 Å². The fraction of sp³-hybridized carbons (Fsp3) is 0.385. The van der Waals surface area contributed by atoms with E-state index in [0.29, 0.717) is 11.3 Å². The molecule has 0 aliphatic heterocycles. The lowest BCUT2D eigenvalue weighted by molar-refractivity contribution is -0.137. The molecule has 0 bridgehead atoms. The van der Waals surface area contributed by atoms with Gasteiger partial charge in [-0.3, -0.25) is 9.59 Å². The number of carbonyl (C=O) groups is 2. The molecule has 1 aromatic rings. The van der Waals surface area contributed by atoms with Crippen LogP contribution in [0.5, 0.6) is 5.75 Å². The van der Waals surface area contributed by atoms with Crippen molar-refractivity contribution in [2.45, 2.75) is 13.3 Å². The number of carboxylic acids is 1. The highest BCUT2D eigenvalue weighted by molar-refractivity contribution is 5.94. The van der Waals surface area contributed by atoms with Gasteiger partial charge in [0.15, 0.2) is 0 Å². The number of benzene rings is 1. The van der Waals surface area contributed by atoms with E-state index in [0.717, 1.165) is 5.56 Å². The monoisotopic (exact) mass is 251 g/mol. The van der Waals surface area contributed by atoms with Gasteiger partial charge in [-0.1, -0.05) is 6.07 Å². The molecule has 1 N–H and O–H groups in total. The highest BCUT2D eigenvalue weighted by atomic mass is 16.5. The summed E-state index contributed by atoms with van der Waals surface area (Å²) in [6, 6.07) is 5.17. The molecule has 0 aromatic heterocycles. The van der Waals surface area contributed by atoms with Crippen LogP contribution in [0.15, 0.2) is 18.2 Å². The topological polar surface area (TPSA) is 66.8 Å². The van der Waals surface area contributed by atoms with Crippen molar-refractivity contribution < 1.29 is 19.4 Å². The van der Waals surface area contributed by atoms with Gasteiger partial charge < -0.3 is 14.7 Å². The van der Waals surface area contributed by atoms with Crippen LogP contribution in [0, 0.1) is 6.92 Å². The van der Waals surface area contributed by atoms with E-state index in [4.69, 9.17) is 9.84 Å². The number of hydrogen-bond acceptors (Lipinski definition) is 3. The molecule has 1 amide bonds. The van der Waals surface area contributed by atoms with Crippen LogP contribution in [0.3, 0.4) is 0 Å². The second kappa shape index (κ2) is 6.05. The third-order valence-corrected chi connectivity index (χ3v) is 2.66. The number of aryl methyl sites for hydroxylation is 1. The SMILES string of the molecule is COc1cc(C(=O)N(C)CCC(=O)O)ccc1C. The number of methoxy groups -OCH3 is 1. The predicted molar refractivity (Wildman–Crippen MR) is 66.9 cm³/mol. The molecule has 0 fully saturated rings. The Morgan fingerprint density at radius 2 is 2.06 bits per heavy atom. The summed E-state index contributed by atoms with van der Waals surface area (Å²) >= 11 is 0. The van der Waals surface area contributed by atoms with Crippen LogP contribution in [0.1, 0.15) is 22.3 Å². The maximum Gasteiger partial charge on any atom is 0.305 e. The Morgan fingerprint density at radius 3 is 2.61 bits per heavy atom. The van der Waals surface area contributed by atoms with Crippen molar-refractivity contribution in [2.75, 3.05) is 20.7 Å². The lowest BCUT2D eigenvalue weighted by Gasteiger charge is -2.16. The number of carbonyl (C=O) groups excluding carboxylic acids is 1. The highest BCUT2D eigenvalue weighted by Crippen LogP contribution is 2.19. The molecular weight excluding hydrogens is 234 g/mol. The van der Waals surface area contributed by atoms with E-state index in [2.05, 4.69) is 0 Å². The van der Waals surface area contributed by atoms with Crippen LogP contribution in [-0.2, 0) is 4.79 Å². The third kappa shape index (κ3) is 3.48. The standard InChI is InChI=1S/C13H17NO4/c1-9-4-5-10(8-11(9)18-3)13(17)14(2)7-6-12(15)16/h4-5,8H,6-7H2,1-3H3,(H,15,16). The van der Waals surface area contributed by atoms with E-state index < -0.39 is 5.97 Å². The molecule has 0 saturated carbocycles. The molecule has 0 atom stereocenters. The Bertz CT molecular complexity index is 456. The minimum atomic E-state index is -0.920. The Hall–Kier alpha value is -2.04. The number of rotatable bonds is 5. The van der Waals surface area contributed by atoms with E-state index in [9.17, 15) is 9.59 Å². The summed E-state index contributed by atoms with van der Waals surface area (Å²) in [5.74, 6) is -0.488. The van der Waals surface area contributed by atoms with Crippen molar-refractivity contribution in [3.63, 3.8) is 0 Å². The minimum absolute atomic E-state index is 0.0642. The first-order valence-electron chi connectivity index (χ1n) is 5.57. The van der Waals surface area contributed by atoms with Crippen LogP contribution in [-0.4, -0.2) is 42.6 Å². The second-order valence-electron chi connectivity index (χ2n) is 4.05. The molecule has 18 heavy (non-hydrogen) atoms. The molecule has 0 radical (unpaired) electrons. The molecule has 1 aromatic carbocycles. The summed E-state index contributed by atoms with van der Waals surface area (Å²) in [7, 11) is 3.13. The maximum absolute atomic E-state index is 12.0. The number of amides is 1. The molecule has 0 unspecified atom stereocenters. The average molecular weight is 251 g/mol. The molecule has 1 rings (SSSR count). The Balaban J connectivity index is 2.80. The zero-order valence-corrected chi connectivity index (χ0v) is 10.8. The normalized spacial score (nSPS) is 9.94. The number of ether oxygens (including phenoxy) is 1. The summed E-state index contributed by atoms with van der Waals surface area (Å²) < 4.78 is 5.15. The van der Waals surface area contributed by atoms with Crippen molar-refractivity contribution in [3.05, 3.63) is 29.3 Å². The average Bonchev–Trinajstić information content (AvgIpc) is 2.35. The van der Waals surface area contributed by atoms with Crippen molar-refractivity contribution >= 4 is 11.9 Å². The van der Waals surface area contributed by atoms with E-state index in [-0.39, 0.29) is 18.9 Å². The quantitative estimate of drug-likeness (QED) is 0.862. The first-order valence-corrected chi connectivity index (χ1v) is 5.57. The van der Waals surface area contributed by atoms with Crippen LogP contribution in [0.25, 0.3) is 0 Å². The molecule has 5 nitrogen and oxygen atoms in total. The van der Waals surface area contributed by atoms with E-state index in [1.165, 1.54) is 4.90 Å². The first kappa shape index (κ1) is 14.0. The summed E-state index contributed by atoms with van der Waals surface area (Å²) in [4.78, 5) is 23.9.